The lowest BCUT2D eigenvalue weighted by Crippen LogP contribution is -2.09. The van der Waals surface area contributed by atoms with Crippen molar-refractivity contribution in [1.29, 1.82) is 0 Å². The molecule has 47 heavy (non-hydrogen) atoms. The van der Waals surface area contributed by atoms with E-state index in [1.165, 1.54) is 108 Å². The van der Waals surface area contributed by atoms with Gasteiger partial charge in [0.1, 0.15) is 0 Å². The highest BCUT2D eigenvalue weighted by atomic mass is 28.2. The number of fused-ring (bicyclic) bond motifs is 2. The van der Waals surface area contributed by atoms with Crippen LogP contribution in [0.2, 0.25) is 12.1 Å². The van der Waals surface area contributed by atoms with Crippen LogP contribution in [0, 0.1) is 0 Å². The van der Waals surface area contributed by atoms with Crippen LogP contribution in [-0.4, -0.2) is 9.52 Å². The Hall–Kier alpha value is -3.42. The number of hydrogen-bond acceptors (Lipinski definition) is 0. The number of rotatable bonds is 16. The molecular formula is C46H56Si. The van der Waals surface area contributed by atoms with E-state index in [1.807, 2.05) is 0 Å². The van der Waals surface area contributed by atoms with Crippen LogP contribution in [0.15, 0.2) is 96.1 Å². The van der Waals surface area contributed by atoms with Gasteiger partial charge in [-0.3, -0.25) is 0 Å². The van der Waals surface area contributed by atoms with Crippen LogP contribution in [0.25, 0.3) is 34.4 Å². The third-order valence-electron chi connectivity index (χ3n) is 10.8. The predicted octanol–water partition coefficient (Wildman–Crippen LogP) is 13.0. The largest absolute Gasteiger partial charge is 0.0654 e. The number of allylic oxidation sites excluding steroid dienone is 2. The van der Waals surface area contributed by atoms with Gasteiger partial charge in [-0.25, -0.2) is 0 Å². The first kappa shape index (κ1) is 33.5. The number of aryl methyl sites for hydroxylation is 2. The van der Waals surface area contributed by atoms with Gasteiger partial charge in [-0.1, -0.05) is 174 Å². The number of hydrogen-bond donors (Lipinski definition) is 0. The van der Waals surface area contributed by atoms with Crippen LogP contribution in [0.3, 0.4) is 0 Å². The zero-order valence-electron chi connectivity index (χ0n) is 29.6. The second kappa shape index (κ2) is 16.1. The Bertz CT molecular complexity index is 1560. The van der Waals surface area contributed by atoms with E-state index >= 15 is 0 Å². The van der Waals surface area contributed by atoms with Gasteiger partial charge in [0.05, 0.1) is 0 Å². The third kappa shape index (κ3) is 7.21. The van der Waals surface area contributed by atoms with Crippen molar-refractivity contribution < 1.29 is 0 Å². The number of unbranched alkanes of at least 4 members (excludes halogenated alkanes) is 2. The molecule has 244 valence electrons. The van der Waals surface area contributed by atoms with Gasteiger partial charge in [-0.05, 0) is 94.2 Å². The second-order valence-electron chi connectivity index (χ2n) is 14.1. The maximum atomic E-state index is 2.64. The third-order valence-corrected chi connectivity index (χ3v) is 12.8. The summed E-state index contributed by atoms with van der Waals surface area (Å²) in [5.41, 5.74) is 18.6. The molecule has 6 rings (SSSR count). The number of benzene rings is 4. The molecule has 0 spiro atoms. The van der Waals surface area contributed by atoms with E-state index in [0.717, 1.165) is 12.8 Å². The van der Waals surface area contributed by atoms with Crippen molar-refractivity contribution in [2.24, 2.45) is 0 Å². The van der Waals surface area contributed by atoms with E-state index in [9.17, 15) is 0 Å². The van der Waals surface area contributed by atoms with Gasteiger partial charge in [0.25, 0.3) is 0 Å². The molecule has 2 unspecified atom stereocenters. The normalized spacial score (nSPS) is 16.9. The van der Waals surface area contributed by atoms with Gasteiger partial charge in [-0.15, -0.1) is 0 Å². The van der Waals surface area contributed by atoms with E-state index in [1.54, 1.807) is 22.3 Å². The molecule has 0 saturated heterocycles. The van der Waals surface area contributed by atoms with Crippen molar-refractivity contribution in [3.8, 4) is 22.3 Å². The molecule has 0 nitrogen and oxygen atoms in total. The first-order valence-corrected chi connectivity index (χ1v) is 21.0. The molecule has 0 amide bonds. The fraction of sp³-hybridized carbons (Fsp3) is 0.391. The highest BCUT2D eigenvalue weighted by Gasteiger charge is 2.31. The van der Waals surface area contributed by atoms with Gasteiger partial charge in [0.2, 0.25) is 0 Å². The monoisotopic (exact) mass is 636 g/mol. The minimum atomic E-state index is -0.307. The molecule has 4 aromatic rings. The molecule has 2 aliphatic carbocycles. The van der Waals surface area contributed by atoms with Gasteiger partial charge in [0, 0.05) is 21.4 Å². The Morgan fingerprint density at radius 2 is 0.894 bits per heavy atom. The zero-order valence-corrected chi connectivity index (χ0v) is 31.0. The summed E-state index contributed by atoms with van der Waals surface area (Å²) in [5.74, 6) is 1.22. The van der Waals surface area contributed by atoms with Crippen LogP contribution in [0.5, 0.6) is 0 Å². The van der Waals surface area contributed by atoms with Gasteiger partial charge >= 0.3 is 0 Å². The van der Waals surface area contributed by atoms with Crippen LogP contribution >= 0.6 is 0 Å². The molecule has 2 aliphatic rings. The lowest BCUT2D eigenvalue weighted by atomic mass is 9.88. The maximum Gasteiger partial charge on any atom is 0.0218 e. The minimum Gasteiger partial charge on any atom is -0.0654 e. The highest BCUT2D eigenvalue weighted by molar-refractivity contribution is 6.36. The summed E-state index contributed by atoms with van der Waals surface area (Å²) >= 11 is 0. The lowest BCUT2D eigenvalue weighted by molar-refractivity contribution is 0.730. The molecule has 0 aromatic heterocycles. The Morgan fingerprint density at radius 3 is 1.28 bits per heavy atom. The van der Waals surface area contributed by atoms with Crippen LogP contribution in [0.1, 0.15) is 124 Å². The maximum absolute atomic E-state index is 2.64. The van der Waals surface area contributed by atoms with Crippen LogP contribution in [-0.2, 0) is 12.8 Å². The first-order valence-electron chi connectivity index (χ1n) is 19.0. The standard InChI is InChI=1S/C46H56Si/c1-5-9-19-37-29-41-39(27-25-33(17-7-3)45(41)35-21-13-11-14-22-35)43(37)31-47-32-44-38(20-10-6-2)30-42-40(44)28-26-34(18-8-4)46(42)36-23-15-12-16-24-36/h11-16,21-30,43-44H,5-10,17-20,31-32,47H2,1-4H3. The molecule has 0 saturated carbocycles. The summed E-state index contributed by atoms with van der Waals surface area (Å²) in [6.07, 6.45) is 17.6. The lowest BCUT2D eigenvalue weighted by Gasteiger charge is -2.22. The topological polar surface area (TPSA) is 0 Å². The van der Waals surface area contributed by atoms with Crippen molar-refractivity contribution in [3.63, 3.8) is 0 Å². The smallest absolute Gasteiger partial charge is 0.0218 e. The molecule has 4 aromatic carbocycles. The second-order valence-corrected chi connectivity index (χ2v) is 16.0. The van der Waals surface area contributed by atoms with E-state index < -0.39 is 0 Å². The molecular weight excluding hydrogens is 581 g/mol. The Morgan fingerprint density at radius 1 is 0.468 bits per heavy atom. The van der Waals surface area contributed by atoms with Crippen molar-refractivity contribution in [1.82, 2.24) is 0 Å². The SMILES string of the molecule is CCCCC1=Cc2c(ccc(CCC)c2-c2ccccc2)C1C[SiH2]CC1C(CCCC)=Cc2c1ccc(CCC)c2-c1ccccc1. The van der Waals surface area contributed by atoms with Gasteiger partial charge in [-0.2, -0.15) is 0 Å². The minimum absolute atomic E-state index is 0.307. The Balaban J connectivity index is 1.31. The fourth-order valence-electron chi connectivity index (χ4n) is 8.56. The quantitative estimate of drug-likeness (QED) is 0.107. The average molecular weight is 637 g/mol. The highest BCUT2D eigenvalue weighted by Crippen LogP contribution is 2.49. The van der Waals surface area contributed by atoms with Crippen molar-refractivity contribution in [2.75, 3.05) is 0 Å². The summed E-state index contributed by atoms with van der Waals surface area (Å²) < 4.78 is 0. The molecule has 0 radical (unpaired) electrons. The van der Waals surface area contributed by atoms with Crippen molar-refractivity contribution >= 4 is 21.7 Å². The summed E-state index contributed by atoms with van der Waals surface area (Å²) in [7, 11) is -0.307. The molecule has 0 bridgehead atoms. The van der Waals surface area contributed by atoms with Crippen LogP contribution in [0.4, 0.5) is 0 Å². The summed E-state index contributed by atoms with van der Waals surface area (Å²) in [4.78, 5) is 0. The van der Waals surface area contributed by atoms with Crippen LogP contribution < -0.4 is 0 Å². The van der Waals surface area contributed by atoms with E-state index in [4.69, 9.17) is 0 Å². The van der Waals surface area contributed by atoms with E-state index in [-0.39, 0.29) is 9.52 Å². The fourth-order valence-corrected chi connectivity index (χ4v) is 11.0. The van der Waals surface area contributed by atoms with Crippen molar-refractivity contribution in [3.05, 3.63) is 129 Å². The first-order chi connectivity index (χ1) is 23.2. The average Bonchev–Trinajstić information content (AvgIpc) is 3.64. The van der Waals surface area contributed by atoms with Gasteiger partial charge < -0.3 is 0 Å². The van der Waals surface area contributed by atoms with Gasteiger partial charge in [0.15, 0.2) is 0 Å². The van der Waals surface area contributed by atoms with Crippen molar-refractivity contribution in [2.45, 2.75) is 116 Å². The Labute approximate surface area is 288 Å². The Kier molecular flexibility index (Phi) is 11.5. The molecule has 0 fully saturated rings. The predicted molar refractivity (Wildman–Crippen MR) is 210 cm³/mol. The zero-order chi connectivity index (χ0) is 32.6. The summed E-state index contributed by atoms with van der Waals surface area (Å²) in [6, 6.07) is 35.2. The molecule has 1 heteroatoms. The summed E-state index contributed by atoms with van der Waals surface area (Å²) in [5, 5.41) is 0. The van der Waals surface area contributed by atoms with E-state index in [2.05, 4.69) is 125 Å². The molecule has 0 N–H and O–H groups in total. The molecule has 0 aliphatic heterocycles. The van der Waals surface area contributed by atoms with E-state index in [0.29, 0.717) is 11.8 Å². The molecule has 0 heterocycles. The molecule has 2 atom stereocenters. The summed E-state index contributed by atoms with van der Waals surface area (Å²) in [6.45, 7) is 9.32.